The first kappa shape index (κ1) is 111. The molecule has 0 radical (unpaired) electrons. The first-order valence-corrected chi connectivity index (χ1v) is 43.4. The molecule has 33 N–H and O–H groups in total. The van der Waals surface area contributed by atoms with Crippen molar-refractivity contribution < 1.29 is 266 Å². The van der Waals surface area contributed by atoms with E-state index in [9.17, 15) is 167 Å². The molecule has 0 bridgehead atoms. The second kappa shape index (κ2) is 48.2. The van der Waals surface area contributed by atoms with E-state index in [1.807, 2.05) is 0 Å². The van der Waals surface area contributed by atoms with Crippen molar-refractivity contribution in [1.82, 2.24) is 26.6 Å². The van der Waals surface area contributed by atoms with Gasteiger partial charge in [-0.25, -0.2) is 0 Å². The average molecular weight is 1970 g/mol. The summed E-state index contributed by atoms with van der Waals surface area (Å²) in [7, 11) is 0. The van der Waals surface area contributed by atoms with Crippen molar-refractivity contribution in [2.24, 2.45) is 0 Å². The van der Waals surface area contributed by atoms with E-state index in [-0.39, 0.29) is 0 Å². The summed E-state index contributed by atoms with van der Waals surface area (Å²) in [4.78, 5) is 64.5. The van der Waals surface area contributed by atoms with E-state index < -0.39 is 426 Å². The van der Waals surface area contributed by atoms with Crippen molar-refractivity contribution >= 4 is 29.5 Å². The number of carbonyl (C=O) groups is 5. The molecule has 11 aliphatic heterocycles. The largest absolute Gasteiger partial charge is 0.394 e. The molecule has 55 atom stereocenters. The molecule has 0 saturated carbocycles. The van der Waals surface area contributed by atoms with Crippen LogP contribution in [0.5, 0.6) is 0 Å². The monoisotopic (exact) mass is 1970 g/mol. The van der Waals surface area contributed by atoms with Crippen LogP contribution in [0, 0.1) is 0 Å². The summed E-state index contributed by atoms with van der Waals surface area (Å²) in [5.74, 6) is -4.68. The summed E-state index contributed by atoms with van der Waals surface area (Å²) >= 11 is 0. The molecule has 59 nitrogen and oxygen atoms in total. The molecular formula is C76H127N5O54. The predicted molar refractivity (Wildman–Crippen MR) is 417 cm³/mol. The lowest BCUT2D eigenvalue weighted by Gasteiger charge is -2.52. The second-order valence-electron chi connectivity index (χ2n) is 34.5. The van der Waals surface area contributed by atoms with Crippen molar-refractivity contribution in [1.29, 1.82) is 0 Å². The van der Waals surface area contributed by atoms with Gasteiger partial charge in [0.05, 0.1) is 71.7 Å². The molecular weight excluding hydrogens is 1850 g/mol. The molecule has 135 heavy (non-hydrogen) atoms. The summed E-state index contributed by atoms with van der Waals surface area (Å²) in [6.45, 7) is -3.07. The van der Waals surface area contributed by atoms with E-state index in [1.54, 1.807) is 0 Å². The van der Waals surface area contributed by atoms with Crippen LogP contribution in [-0.2, 0) is 123 Å². The van der Waals surface area contributed by atoms with Gasteiger partial charge in [-0.05, 0) is 13.8 Å². The Morgan fingerprint density at radius 2 is 0.474 bits per heavy atom. The number of amides is 5. The molecule has 1 unspecified atom stereocenters. The Labute approximate surface area is 765 Å². The van der Waals surface area contributed by atoms with Crippen LogP contribution >= 0.6 is 0 Å². The molecule has 11 fully saturated rings. The first-order valence-electron chi connectivity index (χ1n) is 43.4. The van der Waals surface area contributed by atoms with Crippen LogP contribution in [0.1, 0.15) is 48.5 Å². The molecule has 780 valence electrons. The van der Waals surface area contributed by atoms with E-state index >= 15 is 0 Å². The third-order valence-corrected chi connectivity index (χ3v) is 24.9. The Hall–Kier alpha value is -4.61. The number of carbonyl (C=O) groups excluding carboxylic acids is 5. The van der Waals surface area contributed by atoms with Crippen molar-refractivity contribution in [3.63, 3.8) is 0 Å². The summed E-state index contributed by atoms with van der Waals surface area (Å²) < 4.78 is 127. The molecule has 11 heterocycles. The maximum atomic E-state index is 13.5. The minimum atomic E-state index is -2.67. The third kappa shape index (κ3) is 24.7. The minimum absolute atomic E-state index is 0.856. The minimum Gasteiger partial charge on any atom is -0.394 e. The predicted octanol–water partition coefficient (Wildman–Crippen LogP) is -22.2. The molecule has 0 aliphatic carbocycles. The standard InChI is InChI=1S/C76H127N5O54/c1-17-38(94)51(107)55(111)71(117-17)115-16-32-60(48(104)33(66(114)119-32)77-19(3)89)128-69-36(80-22(6)92)49(105)58(29(13-87)125-69)129-73-57(113)61(45(101)31(127-73)15-116-74-63(53(109)42(98)26(10-84)122-74)133-68-35(79-21(5)91)47(103)41(97)25(9-83)121-68)131-75-64(54(110)43(99)27(11-85)123-75)134-70-37(81-23(7)93)50(106)59(30(14-88)126-70)130-76-65(135-72-56(112)52(108)39(95)18(2)118-72)62(44(100)28(12-86)124-76)132-67-34(78-20(4)90)46(102)40(96)24(8-82)120-67/h17-18,24-76,82-88,94-114H,8-16H2,1-7H3,(H,77,89)(H,78,90)(H,79,91)(H,80,92)(H,81,93)/t17-,18-,24+,25+,26+,27+,28+,29+,30+,31+,32+,33+,34+,35+,36+,37-,38+,39+,40-,41+,42+,43+,44-,45+,46+,47+,48+,49+,50+,51+,52+,53-,54-,55-,56-,57-,58+,59+,60+,61-,62-,63-,64-,65+,66?,67+,68-,69-,70-,71+,72-,73-,74-,75+,76-/m0/s1. The molecule has 0 aromatic rings. The summed E-state index contributed by atoms with van der Waals surface area (Å²) in [5, 5.41) is 329. The van der Waals surface area contributed by atoms with Crippen LogP contribution < -0.4 is 26.6 Å². The van der Waals surface area contributed by atoms with Gasteiger partial charge < -0.3 is 269 Å². The van der Waals surface area contributed by atoms with Crippen LogP contribution in [-0.4, -0.2) is 569 Å². The van der Waals surface area contributed by atoms with Crippen molar-refractivity contribution in [3.8, 4) is 0 Å². The molecule has 11 rings (SSSR count). The Kier molecular flexibility index (Phi) is 39.5. The van der Waals surface area contributed by atoms with Gasteiger partial charge in [0.15, 0.2) is 69.2 Å². The quantitative estimate of drug-likeness (QED) is 0.0284. The smallest absolute Gasteiger partial charge is 0.217 e. The molecule has 0 aromatic heterocycles. The SMILES string of the molecule is CC(=O)N[C@@H]1[C@H](O[C@@H]2[C@@H](O[C@@H]3[C@H](O)[C@H](O[C@H]4[C@H](O)[C@@H](NC(C)=O)[C@H](O[C@H]5[C@H](O)[C@@H](NC(C)=O)C(O)O[C@@H]5CO[C@@H]5O[C@@H](C)[C@@H](O)[C@@H](O)[C@@H]5O)O[C@@H]4CO)O[C@H](CO[C@H]4O[C@H](CO)[C@@H](O)[C@H](O)[C@@H]4O[C@@H]4O[C@H](CO)[C@@H](O)[C@H](O)[C@H]4NC(C)=O)[C@H]3O)O[C@H](CO)[C@@H](O)[C@@H]2O)O[C@H](CO)[C@@H](O[C@@H]2O[C@H](CO)[C@H](O)[C@H](O[C@H]3O[C@H](CO)[C@H](O)[C@H](O)[C@H]3NC(C)=O)[C@H]2O[C@@H]2O[C@@H](C)[C@@H](O)[C@@H](O)[C@@H]2O)[C@@H]1O. The fourth-order valence-electron chi connectivity index (χ4n) is 17.6. The van der Waals surface area contributed by atoms with Gasteiger partial charge in [0.1, 0.15) is 256 Å². The Morgan fingerprint density at radius 3 is 0.904 bits per heavy atom. The highest BCUT2D eigenvalue weighted by molar-refractivity contribution is 5.75. The van der Waals surface area contributed by atoms with E-state index in [2.05, 4.69) is 26.6 Å². The molecule has 11 aliphatic rings. The van der Waals surface area contributed by atoms with Gasteiger partial charge in [0.2, 0.25) is 29.5 Å². The second-order valence-corrected chi connectivity index (χ2v) is 34.5. The van der Waals surface area contributed by atoms with Crippen molar-refractivity contribution in [2.75, 3.05) is 59.5 Å². The number of hydrogen-bond donors (Lipinski definition) is 33. The van der Waals surface area contributed by atoms with E-state index in [4.69, 9.17) is 99.5 Å². The highest BCUT2D eigenvalue weighted by Gasteiger charge is 2.63. The molecule has 59 heteroatoms. The Balaban J connectivity index is 0.932. The van der Waals surface area contributed by atoms with Crippen LogP contribution in [0.25, 0.3) is 0 Å². The average Bonchev–Trinajstić information content (AvgIpc) is 0.759. The zero-order valence-electron chi connectivity index (χ0n) is 73.3. The van der Waals surface area contributed by atoms with Gasteiger partial charge in [0.25, 0.3) is 0 Å². The van der Waals surface area contributed by atoms with E-state index in [0.717, 1.165) is 34.6 Å². The zero-order valence-corrected chi connectivity index (χ0v) is 73.3. The van der Waals surface area contributed by atoms with E-state index in [0.29, 0.717) is 0 Å². The normalized spacial score (nSPS) is 49.5. The lowest BCUT2D eigenvalue weighted by atomic mass is 9.93. The summed E-state index contributed by atoms with van der Waals surface area (Å²) in [6, 6.07) is -9.57. The number of ether oxygens (including phenoxy) is 21. The lowest BCUT2D eigenvalue weighted by molar-refractivity contribution is -0.406. The Bertz CT molecular complexity index is 3750. The van der Waals surface area contributed by atoms with Crippen molar-refractivity contribution in [2.45, 2.75) is 386 Å². The molecule has 5 amide bonds. The van der Waals surface area contributed by atoms with Crippen LogP contribution in [0.15, 0.2) is 0 Å². The third-order valence-electron chi connectivity index (χ3n) is 24.9. The van der Waals surface area contributed by atoms with Gasteiger partial charge in [-0.3, -0.25) is 24.0 Å². The van der Waals surface area contributed by atoms with Gasteiger partial charge >= 0.3 is 0 Å². The van der Waals surface area contributed by atoms with Crippen LogP contribution in [0.3, 0.4) is 0 Å². The zero-order chi connectivity index (χ0) is 99.4. The number of hydrogen-bond acceptors (Lipinski definition) is 54. The van der Waals surface area contributed by atoms with Gasteiger partial charge in [-0.15, -0.1) is 0 Å². The molecule has 11 saturated heterocycles. The van der Waals surface area contributed by atoms with Gasteiger partial charge in [-0.1, -0.05) is 0 Å². The molecule has 0 spiro atoms. The Morgan fingerprint density at radius 1 is 0.207 bits per heavy atom. The number of rotatable bonds is 34. The maximum Gasteiger partial charge on any atom is 0.217 e. The lowest BCUT2D eigenvalue weighted by Crippen LogP contribution is -2.71. The van der Waals surface area contributed by atoms with Crippen LogP contribution in [0.4, 0.5) is 0 Å². The first-order chi connectivity index (χ1) is 63.8. The topological polar surface area (TPSA) is 906 Å². The highest BCUT2D eigenvalue weighted by atomic mass is 16.8. The van der Waals surface area contributed by atoms with Crippen LogP contribution in [0.2, 0.25) is 0 Å². The highest BCUT2D eigenvalue weighted by Crippen LogP contribution is 2.42. The number of nitrogens with one attached hydrogen (secondary N) is 5. The summed E-state index contributed by atoms with van der Waals surface area (Å²) in [6.07, 6.45) is -105. The fourth-order valence-corrected chi connectivity index (χ4v) is 17.6. The number of aliphatic hydroxyl groups excluding tert-OH is 28. The summed E-state index contributed by atoms with van der Waals surface area (Å²) in [5.41, 5.74) is 0. The van der Waals surface area contributed by atoms with Gasteiger partial charge in [0, 0.05) is 34.6 Å². The van der Waals surface area contributed by atoms with E-state index in [1.165, 1.54) is 13.8 Å². The maximum absolute atomic E-state index is 13.5. The molecule has 0 aromatic carbocycles. The number of aliphatic hydroxyl groups is 28. The van der Waals surface area contributed by atoms with Gasteiger partial charge in [-0.2, -0.15) is 0 Å². The van der Waals surface area contributed by atoms with Crippen molar-refractivity contribution in [3.05, 3.63) is 0 Å². The fraction of sp³-hybridized carbons (Fsp3) is 0.934.